The zero-order valence-corrected chi connectivity index (χ0v) is 19.2. The molecule has 1 aliphatic heterocycles. The first-order valence-corrected chi connectivity index (χ1v) is 11.1. The van der Waals surface area contributed by atoms with Gasteiger partial charge in [0.2, 0.25) is 5.91 Å². The van der Waals surface area contributed by atoms with Crippen LogP contribution in [-0.4, -0.2) is 40.5 Å². The maximum atomic E-state index is 13.7. The van der Waals surface area contributed by atoms with Gasteiger partial charge in [0.15, 0.2) is 0 Å². The number of methoxy groups -OCH3 is 1. The normalized spacial score (nSPS) is 18.2. The summed E-state index contributed by atoms with van der Waals surface area (Å²) in [6.07, 6.45) is 0.892. The van der Waals surface area contributed by atoms with Gasteiger partial charge in [-0.2, -0.15) is 0 Å². The molecule has 0 fully saturated rings. The van der Waals surface area contributed by atoms with E-state index in [0.717, 1.165) is 28.6 Å². The molecule has 0 radical (unpaired) electrons. The van der Waals surface area contributed by atoms with Crippen molar-refractivity contribution in [3.05, 3.63) is 65.9 Å². The van der Waals surface area contributed by atoms with Gasteiger partial charge in [0.05, 0.1) is 13.7 Å². The third kappa shape index (κ3) is 3.97. The second-order valence-corrected chi connectivity index (χ2v) is 9.13. The molecule has 6 heteroatoms. The summed E-state index contributed by atoms with van der Waals surface area (Å²) >= 11 is 0. The molecule has 0 saturated carbocycles. The quantitative estimate of drug-likeness (QED) is 0.607. The molecule has 0 aliphatic carbocycles. The van der Waals surface area contributed by atoms with E-state index in [1.807, 2.05) is 66.1 Å². The summed E-state index contributed by atoms with van der Waals surface area (Å²) in [7, 11) is 1.62. The van der Waals surface area contributed by atoms with Crippen molar-refractivity contribution in [2.45, 2.75) is 45.8 Å². The number of hydrogen-bond acceptors (Lipinski definition) is 3. The average molecular weight is 434 g/mol. The van der Waals surface area contributed by atoms with E-state index in [4.69, 9.17) is 4.74 Å². The van der Waals surface area contributed by atoms with Crippen molar-refractivity contribution in [3.63, 3.8) is 0 Å². The molecule has 2 amide bonds. The predicted octanol–water partition coefficient (Wildman–Crippen LogP) is 4.23. The molecule has 1 aromatic heterocycles. The Morgan fingerprint density at radius 2 is 1.94 bits per heavy atom. The number of carbonyl (C=O) groups is 2. The summed E-state index contributed by atoms with van der Waals surface area (Å²) < 4.78 is 7.34. The van der Waals surface area contributed by atoms with Crippen molar-refractivity contribution >= 4 is 22.7 Å². The molecule has 0 spiro atoms. The van der Waals surface area contributed by atoms with Crippen LogP contribution in [0.4, 0.5) is 0 Å². The van der Waals surface area contributed by atoms with Crippen LogP contribution >= 0.6 is 0 Å². The number of hydrogen-bond donors (Lipinski definition) is 1. The number of aromatic nitrogens is 1. The molecule has 6 nitrogen and oxygen atoms in total. The highest BCUT2D eigenvalue weighted by Crippen LogP contribution is 2.33. The van der Waals surface area contributed by atoms with Gasteiger partial charge >= 0.3 is 0 Å². The van der Waals surface area contributed by atoms with Crippen molar-refractivity contribution in [2.75, 3.05) is 13.7 Å². The van der Waals surface area contributed by atoms with Crippen LogP contribution in [0.3, 0.4) is 0 Å². The number of benzene rings is 2. The highest BCUT2D eigenvalue weighted by atomic mass is 16.5. The van der Waals surface area contributed by atoms with E-state index in [1.165, 1.54) is 0 Å². The summed E-state index contributed by atoms with van der Waals surface area (Å²) in [5.74, 6) is 0.947. The number of amides is 2. The standard InChI is InChI=1S/C26H31N3O3/c1-18(2)12-13-27-25(31)26(3)17-28-22-11-6-5-9-20(22)15-23(28)24(30)29(26)16-19-8-7-10-21(14-19)32-4/h5-11,14-15,18H,12-13,16-17H2,1-4H3,(H,27,31). The maximum absolute atomic E-state index is 13.7. The van der Waals surface area contributed by atoms with Crippen LogP contribution in [0.2, 0.25) is 0 Å². The molecule has 0 saturated heterocycles. The van der Waals surface area contributed by atoms with Crippen LogP contribution < -0.4 is 10.1 Å². The molecule has 32 heavy (non-hydrogen) atoms. The third-order valence-corrected chi connectivity index (χ3v) is 6.31. The first kappa shape index (κ1) is 21.9. The topological polar surface area (TPSA) is 63.6 Å². The zero-order chi connectivity index (χ0) is 22.9. The van der Waals surface area contributed by atoms with Crippen molar-refractivity contribution in [1.29, 1.82) is 0 Å². The summed E-state index contributed by atoms with van der Waals surface area (Å²) in [6, 6.07) is 17.5. The SMILES string of the molecule is COc1cccc(CN2C(=O)c3cc4ccccc4n3CC2(C)C(=O)NCCC(C)C)c1. The van der Waals surface area contributed by atoms with E-state index in [9.17, 15) is 9.59 Å². The maximum Gasteiger partial charge on any atom is 0.271 e. The summed E-state index contributed by atoms with van der Waals surface area (Å²) in [6.45, 7) is 7.45. The van der Waals surface area contributed by atoms with Crippen molar-refractivity contribution in [2.24, 2.45) is 5.92 Å². The lowest BCUT2D eigenvalue weighted by Gasteiger charge is -2.44. The summed E-state index contributed by atoms with van der Waals surface area (Å²) in [5, 5.41) is 4.08. The molecule has 168 valence electrons. The largest absolute Gasteiger partial charge is 0.497 e. The van der Waals surface area contributed by atoms with Crippen LogP contribution in [0, 0.1) is 5.92 Å². The molecular weight excluding hydrogens is 402 g/mol. The lowest BCUT2D eigenvalue weighted by Crippen LogP contribution is -2.63. The van der Waals surface area contributed by atoms with Crippen LogP contribution in [0.5, 0.6) is 5.75 Å². The van der Waals surface area contributed by atoms with Gasteiger partial charge in [-0.3, -0.25) is 9.59 Å². The minimum atomic E-state index is -1.02. The van der Waals surface area contributed by atoms with Gasteiger partial charge in [-0.1, -0.05) is 44.2 Å². The van der Waals surface area contributed by atoms with Crippen molar-refractivity contribution in [1.82, 2.24) is 14.8 Å². The van der Waals surface area contributed by atoms with Gasteiger partial charge in [0.1, 0.15) is 17.0 Å². The van der Waals surface area contributed by atoms with Gasteiger partial charge in [-0.15, -0.1) is 0 Å². The fourth-order valence-corrected chi connectivity index (χ4v) is 4.37. The molecule has 1 aliphatic rings. The molecule has 2 heterocycles. The number of rotatable bonds is 7. The minimum Gasteiger partial charge on any atom is -0.497 e. The van der Waals surface area contributed by atoms with Crippen molar-refractivity contribution in [3.8, 4) is 5.75 Å². The van der Waals surface area contributed by atoms with Gasteiger partial charge in [-0.25, -0.2) is 0 Å². The fraction of sp³-hybridized carbons (Fsp3) is 0.385. The van der Waals surface area contributed by atoms with Crippen LogP contribution in [0.15, 0.2) is 54.6 Å². The molecule has 0 bridgehead atoms. The molecule has 4 rings (SSSR count). The molecule has 1 unspecified atom stereocenters. The Bertz CT molecular complexity index is 1150. The van der Waals surface area contributed by atoms with Crippen LogP contribution in [-0.2, 0) is 17.9 Å². The average Bonchev–Trinajstić information content (AvgIpc) is 3.15. The first-order chi connectivity index (χ1) is 15.3. The van der Waals surface area contributed by atoms with Gasteiger partial charge in [0.25, 0.3) is 5.91 Å². The number of carbonyl (C=O) groups excluding carboxylic acids is 2. The van der Waals surface area contributed by atoms with Crippen LogP contribution in [0.25, 0.3) is 10.9 Å². The van der Waals surface area contributed by atoms with Crippen molar-refractivity contribution < 1.29 is 14.3 Å². The van der Waals surface area contributed by atoms with Gasteiger partial charge in [0, 0.05) is 24.0 Å². The number of nitrogens with zero attached hydrogens (tertiary/aromatic N) is 2. The Balaban J connectivity index is 1.74. The summed E-state index contributed by atoms with van der Waals surface area (Å²) in [4.78, 5) is 28.9. The minimum absolute atomic E-state index is 0.127. The second kappa shape index (κ2) is 8.69. The number of fused-ring (bicyclic) bond motifs is 3. The lowest BCUT2D eigenvalue weighted by molar-refractivity contribution is -0.133. The number of ether oxygens (including phenoxy) is 1. The van der Waals surface area contributed by atoms with Gasteiger partial charge in [-0.05, 0) is 49.1 Å². The number of para-hydroxylation sites is 1. The molecular formula is C26H31N3O3. The first-order valence-electron chi connectivity index (χ1n) is 11.1. The second-order valence-electron chi connectivity index (χ2n) is 9.13. The fourth-order valence-electron chi connectivity index (χ4n) is 4.37. The molecule has 2 aromatic carbocycles. The Kier molecular flexibility index (Phi) is 5.96. The number of nitrogens with one attached hydrogen (secondary N) is 1. The lowest BCUT2D eigenvalue weighted by atomic mass is 9.93. The monoisotopic (exact) mass is 433 g/mol. The Hall–Kier alpha value is -3.28. The van der Waals surface area contributed by atoms with E-state index >= 15 is 0 Å². The molecule has 1 atom stereocenters. The Morgan fingerprint density at radius 3 is 2.69 bits per heavy atom. The molecule has 3 aromatic rings. The van der Waals surface area contributed by atoms with E-state index < -0.39 is 5.54 Å². The Labute approximate surface area is 189 Å². The smallest absolute Gasteiger partial charge is 0.271 e. The van der Waals surface area contributed by atoms with E-state index in [-0.39, 0.29) is 11.8 Å². The van der Waals surface area contributed by atoms with E-state index in [2.05, 4.69) is 19.2 Å². The van der Waals surface area contributed by atoms with E-state index in [1.54, 1.807) is 12.0 Å². The molecule has 1 N–H and O–H groups in total. The third-order valence-electron chi connectivity index (χ3n) is 6.31. The highest BCUT2D eigenvalue weighted by Gasteiger charge is 2.47. The zero-order valence-electron chi connectivity index (χ0n) is 19.2. The predicted molar refractivity (Wildman–Crippen MR) is 126 cm³/mol. The van der Waals surface area contributed by atoms with E-state index in [0.29, 0.717) is 31.2 Å². The van der Waals surface area contributed by atoms with Gasteiger partial charge < -0.3 is 19.5 Å². The summed E-state index contributed by atoms with van der Waals surface area (Å²) in [5.41, 5.74) is 1.48. The Morgan fingerprint density at radius 1 is 1.16 bits per heavy atom. The highest BCUT2D eigenvalue weighted by molar-refractivity contribution is 6.03. The van der Waals surface area contributed by atoms with Crippen LogP contribution in [0.1, 0.15) is 43.2 Å².